The molecule has 8 N–H and O–H groups in total. The average Bonchev–Trinajstić information content (AvgIpc) is 2.80. The topological polar surface area (TPSA) is 208 Å². The highest BCUT2D eigenvalue weighted by atomic mass is 16.7. The molecule has 2 aliphatic rings. The Hall–Kier alpha value is -1.78. The highest BCUT2D eigenvalue weighted by Gasteiger charge is 2.46. The zero-order valence-electron chi connectivity index (χ0n) is 17.0. The van der Waals surface area contributed by atoms with Crippen LogP contribution < -0.4 is 14.2 Å². The Bertz CT molecular complexity index is 744. The molecular weight excluding hydrogens is 436 g/mol. The predicted octanol–water partition coefficient (Wildman–Crippen LogP) is -3.95. The van der Waals surface area contributed by atoms with Crippen molar-refractivity contribution in [3.05, 3.63) is 18.2 Å². The molecule has 0 radical (unpaired) electrons. The normalized spacial score (nSPS) is 40.0. The molecule has 1 aromatic carbocycles. The SMILES string of the molecule is COc1cc(O[C@@H]2O[C@H](CO)[C@@H](O)[C@H](O)[C@H]2O)ccc1O[C@@H]1O[C@H](CO)[C@@H](O)[C@H](O)[C@H]1O. The minimum atomic E-state index is -1.62. The van der Waals surface area contributed by atoms with E-state index in [1.165, 1.54) is 25.3 Å². The third-order valence-electron chi connectivity index (χ3n) is 5.33. The summed E-state index contributed by atoms with van der Waals surface area (Å²) in [4.78, 5) is 0. The van der Waals surface area contributed by atoms with Crippen LogP contribution in [0.3, 0.4) is 0 Å². The van der Waals surface area contributed by atoms with E-state index in [0.29, 0.717) is 0 Å². The van der Waals surface area contributed by atoms with E-state index in [9.17, 15) is 40.9 Å². The highest BCUT2D eigenvalue weighted by molar-refractivity contribution is 5.45. The first-order valence-corrected chi connectivity index (χ1v) is 9.84. The van der Waals surface area contributed by atoms with Gasteiger partial charge in [0.05, 0.1) is 20.3 Å². The van der Waals surface area contributed by atoms with Crippen molar-refractivity contribution in [2.24, 2.45) is 0 Å². The summed E-state index contributed by atoms with van der Waals surface area (Å²) in [5.74, 6) is 0.245. The lowest BCUT2D eigenvalue weighted by Crippen LogP contribution is -2.60. The van der Waals surface area contributed by atoms with Crippen LogP contribution in [0, 0.1) is 0 Å². The third-order valence-corrected chi connectivity index (χ3v) is 5.33. The summed E-state index contributed by atoms with van der Waals surface area (Å²) in [6, 6.07) is 4.07. The predicted molar refractivity (Wildman–Crippen MR) is 102 cm³/mol. The van der Waals surface area contributed by atoms with Crippen molar-refractivity contribution in [2.45, 2.75) is 61.4 Å². The van der Waals surface area contributed by atoms with Crippen LogP contribution in [0.2, 0.25) is 0 Å². The number of aliphatic hydroxyl groups is 8. The second-order valence-corrected chi connectivity index (χ2v) is 7.44. The van der Waals surface area contributed by atoms with Crippen LogP contribution in [0.5, 0.6) is 17.2 Å². The molecule has 3 rings (SSSR count). The Morgan fingerprint density at radius 2 is 1.19 bits per heavy atom. The standard InChI is InChI=1S/C19H28O13/c1-28-9-4-7(29-18-16(26)14(24)12(22)10(5-20)31-18)2-3-8(9)30-19-17(27)15(25)13(23)11(6-21)32-19/h2-4,10-27H,5-6H2,1H3/t10-,11-,12-,13-,14+,15+,16-,17-,18-,19-/m1/s1. The van der Waals surface area contributed by atoms with Crippen LogP contribution >= 0.6 is 0 Å². The molecule has 0 amide bonds. The number of hydrogen-bond acceptors (Lipinski definition) is 13. The van der Waals surface area contributed by atoms with Gasteiger partial charge >= 0.3 is 0 Å². The zero-order valence-corrected chi connectivity index (χ0v) is 17.0. The summed E-state index contributed by atoms with van der Waals surface area (Å²) < 4.78 is 26.9. The molecule has 2 heterocycles. The zero-order chi connectivity index (χ0) is 23.6. The van der Waals surface area contributed by atoms with Crippen LogP contribution in [0.15, 0.2) is 18.2 Å². The minimum Gasteiger partial charge on any atom is -0.493 e. The molecule has 10 atom stereocenters. The summed E-state index contributed by atoms with van der Waals surface area (Å²) in [5, 5.41) is 78.2. The lowest BCUT2D eigenvalue weighted by atomic mass is 9.99. The van der Waals surface area contributed by atoms with Gasteiger partial charge in [-0.3, -0.25) is 0 Å². The van der Waals surface area contributed by atoms with Crippen molar-refractivity contribution in [1.29, 1.82) is 0 Å². The van der Waals surface area contributed by atoms with E-state index in [-0.39, 0.29) is 17.2 Å². The van der Waals surface area contributed by atoms with Crippen LogP contribution in [0.1, 0.15) is 0 Å². The van der Waals surface area contributed by atoms with Crippen molar-refractivity contribution in [1.82, 2.24) is 0 Å². The number of benzene rings is 1. The van der Waals surface area contributed by atoms with E-state index < -0.39 is 74.6 Å². The van der Waals surface area contributed by atoms with Gasteiger partial charge in [-0.1, -0.05) is 0 Å². The summed E-state index contributed by atoms with van der Waals surface area (Å²) >= 11 is 0. The van der Waals surface area contributed by atoms with Crippen molar-refractivity contribution in [3.63, 3.8) is 0 Å². The molecule has 0 unspecified atom stereocenters. The van der Waals surface area contributed by atoms with Gasteiger partial charge in [0.1, 0.15) is 54.6 Å². The fourth-order valence-corrected chi connectivity index (χ4v) is 3.41. The van der Waals surface area contributed by atoms with E-state index in [0.717, 1.165) is 0 Å². The Morgan fingerprint density at radius 1 is 0.688 bits per heavy atom. The van der Waals surface area contributed by atoms with Crippen molar-refractivity contribution >= 4 is 0 Å². The van der Waals surface area contributed by atoms with Gasteiger partial charge in [0, 0.05) is 6.07 Å². The minimum absolute atomic E-state index is 0.0537. The summed E-state index contributed by atoms with van der Waals surface area (Å²) in [6.45, 7) is -1.23. The van der Waals surface area contributed by atoms with Gasteiger partial charge < -0.3 is 64.5 Å². The second kappa shape index (κ2) is 10.4. The second-order valence-electron chi connectivity index (χ2n) is 7.44. The van der Waals surface area contributed by atoms with Crippen LogP contribution in [0.25, 0.3) is 0 Å². The third kappa shape index (κ3) is 4.92. The van der Waals surface area contributed by atoms with Crippen molar-refractivity contribution in [2.75, 3.05) is 20.3 Å². The number of rotatable bonds is 7. The molecule has 0 aromatic heterocycles. The molecule has 13 nitrogen and oxygen atoms in total. The first-order chi connectivity index (χ1) is 15.2. The molecule has 1 aromatic rings. The van der Waals surface area contributed by atoms with Gasteiger partial charge in [0.2, 0.25) is 12.6 Å². The van der Waals surface area contributed by atoms with Gasteiger partial charge in [-0.15, -0.1) is 0 Å². The number of hydrogen-bond donors (Lipinski definition) is 8. The molecule has 0 aliphatic carbocycles. The van der Waals surface area contributed by atoms with Crippen LogP contribution in [0.4, 0.5) is 0 Å². The van der Waals surface area contributed by atoms with Crippen LogP contribution in [-0.2, 0) is 9.47 Å². The molecule has 0 spiro atoms. The molecule has 2 saturated heterocycles. The van der Waals surface area contributed by atoms with Gasteiger partial charge in [0.15, 0.2) is 11.5 Å². The maximum Gasteiger partial charge on any atom is 0.229 e. The lowest BCUT2D eigenvalue weighted by Gasteiger charge is -2.40. The van der Waals surface area contributed by atoms with Crippen molar-refractivity contribution in [3.8, 4) is 17.2 Å². The van der Waals surface area contributed by atoms with Gasteiger partial charge in [-0.25, -0.2) is 0 Å². The van der Waals surface area contributed by atoms with Gasteiger partial charge in [-0.2, -0.15) is 0 Å². The molecule has 2 fully saturated rings. The fourth-order valence-electron chi connectivity index (χ4n) is 3.41. The van der Waals surface area contributed by atoms with E-state index >= 15 is 0 Å². The van der Waals surface area contributed by atoms with E-state index in [4.69, 9.17) is 23.7 Å². The maximum atomic E-state index is 10.1. The number of aliphatic hydroxyl groups excluding tert-OH is 8. The number of ether oxygens (including phenoxy) is 5. The molecule has 13 heteroatoms. The summed E-state index contributed by atoms with van der Waals surface area (Å²) in [6.07, 6.45) is -14.7. The van der Waals surface area contributed by atoms with E-state index in [1.807, 2.05) is 0 Å². The molecule has 182 valence electrons. The smallest absolute Gasteiger partial charge is 0.229 e. The van der Waals surface area contributed by atoms with E-state index in [1.54, 1.807) is 0 Å². The Kier molecular flexibility index (Phi) is 8.11. The molecule has 32 heavy (non-hydrogen) atoms. The molecule has 0 bridgehead atoms. The molecule has 2 aliphatic heterocycles. The number of methoxy groups -OCH3 is 1. The van der Waals surface area contributed by atoms with Gasteiger partial charge in [0.25, 0.3) is 0 Å². The Balaban J connectivity index is 1.73. The summed E-state index contributed by atoms with van der Waals surface area (Å²) in [7, 11) is 1.31. The molecule has 0 saturated carbocycles. The van der Waals surface area contributed by atoms with E-state index in [2.05, 4.69) is 0 Å². The maximum absolute atomic E-state index is 10.1. The first kappa shape index (κ1) is 24.9. The Morgan fingerprint density at radius 3 is 1.66 bits per heavy atom. The highest BCUT2D eigenvalue weighted by Crippen LogP contribution is 2.35. The van der Waals surface area contributed by atoms with Gasteiger partial charge in [-0.05, 0) is 12.1 Å². The first-order valence-electron chi connectivity index (χ1n) is 9.84. The Labute approximate surface area is 182 Å². The quantitative estimate of drug-likeness (QED) is 0.194. The monoisotopic (exact) mass is 464 g/mol. The fraction of sp³-hybridized carbons (Fsp3) is 0.684. The average molecular weight is 464 g/mol. The largest absolute Gasteiger partial charge is 0.493 e. The summed E-state index contributed by atoms with van der Waals surface area (Å²) in [5.41, 5.74) is 0. The van der Waals surface area contributed by atoms with Crippen LogP contribution in [-0.4, -0.2) is 123 Å². The molecular formula is C19H28O13. The van der Waals surface area contributed by atoms with Crippen molar-refractivity contribution < 1.29 is 64.5 Å². The lowest BCUT2D eigenvalue weighted by molar-refractivity contribution is -0.278.